The molecule has 0 N–H and O–H groups in total. The number of nitrogens with zero attached hydrogens (tertiary/aromatic N) is 3. The number of pyridine rings is 1. The van der Waals surface area contributed by atoms with E-state index in [0.29, 0.717) is 0 Å². The summed E-state index contributed by atoms with van der Waals surface area (Å²) in [7, 11) is 3.40. The highest BCUT2D eigenvalue weighted by Crippen LogP contribution is 2.27. The number of aryl methyl sites for hydroxylation is 1. The standard InChI is InChI=1S/C22H27N3O3.ClH/c1-26-18-7-8-20-19(15-18)17(16-28-20)5-4-10-24-11-13-25(14-12-24)22-21(27-2)6-3-9-23-22;/h3,6-9,15-16H,4-5,10-14H2,1-2H3;1H. The number of furan rings is 1. The van der Waals surface area contributed by atoms with Gasteiger partial charge in [0.05, 0.1) is 20.5 Å². The van der Waals surface area contributed by atoms with Gasteiger partial charge in [-0.3, -0.25) is 4.90 Å². The van der Waals surface area contributed by atoms with E-state index < -0.39 is 0 Å². The molecule has 0 unspecified atom stereocenters. The third-order valence-electron chi connectivity index (χ3n) is 5.42. The summed E-state index contributed by atoms with van der Waals surface area (Å²) in [5, 5.41) is 1.16. The Labute approximate surface area is 177 Å². The average Bonchev–Trinajstić information content (AvgIpc) is 3.16. The Morgan fingerprint density at radius 1 is 1.07 bits per heavy atom. The summed E-state index contributed by atoms with van der Waals surface area (Å²) in [6.45, 7) is 5.11. The van der Waals surface area contributed by atoms with Crippen LogP contribution in [0.5, 0.6) is 11.5 Å². The smallest absolute Gasteiger partial charge is 0.171 e. The van der Waals surface area contributed by atoms with Crippen LogP contribution in [0.3, 0.4) is 0 Å². The van der Waals surface area contributed by atoms with Gasteiger partial charge < -0.3 is 18.8 Å². The number of hydrogen-bond donors (Lipinski definition) is 0. The molecule has 3 aromatic rings. The normalized spacial score (nSPS) is 14.6. The Kier molecular flexibility index (Phi) is 7.23. The van der Waals surface area contributed by atoms with Crippen molar-refractivity contribution >= 4 is 29.2 Å². The van der Waals surface area contributed by atoms with E-state index in [1.807, 2.05) is 36.7 Å². The van der Waals surface area contributed by atoms with Gasteiger partial charge in [-0.15, -0.1) is 12.4 Å². The van der Waals surface area contributed by atoms with Gasteiger partial charge in [-0.05, 0) is 55.3 Å². The first kappa shape index (κ1) is 21.3. The van der Waals surface area contributed by atoms with Crippen LogP contribution in [-0.2, 0) is 6.42 Å². The van der Waals surface area contributed by atoms with E-state index in [1.54, 1.807) is 14.2 Å². The van der Waals surface area contributed by atoms with Crippen LogP contribution >= 0.6 is 12.4 Å². The Morgan fingerprint density at radius 2 is 1.90 bits per heavy atom. The van der Waals surface area contributed by atoms with Crippen LogP contribution in [-0.4, -0.2) is 56.8 Å². The minimum absolute atomic E-state index is 0. The molecule has 1 fully saturated rings. The topological polar surface area (TPSA) is 51.0 Å². The van der Waals surface area contributed by atoms with Crippen LogP contribution in [0.1, 0.15) is 12.0 Å². The highest BCUT2D eigenvalue weighted by atomic mass is 35.5. The van der Waals surface area contributed by atoms with Gasteiger partial charge in [-0.1, -0.05) is 0 Å². The predicted molar refractivity (Wildman–Crippen MR) is 118 cm³/mol. The number of halogens is 1. The number of rotatable bonds is 7. The van der Waals surface area contributed by atoms with E-state index >= 15 is 0 Å². The van der Waals surface area contributed by atoms with Crippen molar-refractivity contribution < 1.29 is 13.9 Å². The third-order valence-corrected chi connectivity index (χ3v) is 5.42. The molecule has 0 amide bonds. The van der Waals surface area contributed by atoms with E-state index in [9.17, 15) is 0 Å². The third kappa shape index (κ3) is 4.77. The number of ether oxygens (including phenoxy) is 2. The van der Waals surface area contributed by atoms with Crippen LogP contribution in [0.15, 0.2) is 47.2 Å². The summed E-state index contributed by atoms with van der Waals surface area (Å²) in [6.07, 6.45) is 5.83. The monoisotopic (exact) mass is 417 g/mol. The minimum atomic E-state index is 0. The largest absolute Gasteiger partial charge is 0.497 e. The first-order valence-corrected chi connectivity index (χ1v) is 9.79. The molecular formula is C22H28ClN3O3. The molecule has 6 nitrogen and oxygen atoms in total. The number of benzene rings is 1. The molecule has 0 radical (unpaired) electrons. The number of piperazine rings is 1. The fourth-order valence-corrected chi connectivity index (χ4v) is 3.84. The van der Waals surface area contributed by atoms with E-state index in [0.717, 1.165) is 73.9 Å². The maximum atomic E-state index is 5.68. The molecule has 0 atom stereocenters. The molecule has 1 aliphatic rings. The van der Waals surface area contributed by atoms with E-state index in [2.05, 4.69) is 20.9 Å². The van der Waals surface area contributed by atoms with Gasteiger partial charge in [0.15, 0.2) is 11.6 Å². The molecule has 1 saturated heterocycles. The molecule has 29 heavy (non-hydrogen) atoms. The molecular weight excluding hydrogens is 390 g/mol. The zero-order chi connectivity index (χ0) is 19.3. The average molecular weight is 418 g/mol. The predicted octanol–water partition coefficient (Wildman–Crippen LogP) is 4.02. The summed E-state index contributed by atoms with van der Waals surface area (Å²) in [5.74, 6) is 2.66. The summed E-state index contributed by atoms with van der Waals surface area (Å²) >= 11 is 0. The summed E-state index contributed by atoms with van der Waals surface area (Å²) < 4.78 is 16.5. The summed E-state index contributed by atoms with van der Waals surface area (Å²) in [6, 6.07) is 9.86. The lowest BCUT2D eigenvalue weighted by molar-refractivity contribution is 0.253. The molecule has 0 aliphatic carbocycles. The minimum Gasteiger partial charge on any atom is -0.497 e. The van der Waals surface area contributed by atoms with Crippen molar-refractivity contribution in [3.8, 4) is 11.5 Å². The quantitative estimate of drug-likeness (QED) is 0.578. The second-order valence-electron chi connectivity index (χ2n) is 7.08. The molecule has 7 heteroatoms. The summed E-state index contributed by atoms with van der Waals surface area (Å²) in [5.41, 5.74) is 2.18. The van der Waals surface area contributed by atoms with E-state index in [-0.39, 0.29) is 12.4 Å². The number of fused-ring (bicyclic) bond motifs is 1. The SMILES string of the molecule is COc1ccc2occ(CCCN3CCN(c4ncccc4OC)CC3)c2c1.Cl. The molecule has 2 aromatic heterocycles. The van der Waals surface area contributed by atoms with E-state index in [4.69, 9.17) is 13.9 Å². The lowest BCUT2D eigenvalue weighted by atomic mass is 10.1. The second kappa shape index (κ2) is 9.85. The van der Waals surface area contributed by atoms with Crippen molar-refractivity contribution in [1.82, 2.24) is 9.88 Å². The van der Waals surface area contributed by atoms with Gasteiger partial charge in [0.25, 0.3) is 0 Å². The highest BCUT2D eigenvalue weighted by Gasteiger charge is 2.20. The Balaban J connectivity index is 0.00000240. The molecule has 1 aromatic carbocycles. The van der Waals surface area contributed by atoms with Gasteiger partial charge in [-0.25, -0.2) is 4.98 Å². The molecule has 0 spiro atoms. The highest BCUT2D eigenvalue weighted by molar-refractivity contribution is 5.85. The van der Waals surface area contributed by atoms with Crippen molar-refractivity contribution in [3.05, 3.63) is 48.4 Å². The second-order valence-corrected chi connectivity index (χ2v) is 7.08. The number of aromatic nitrogens is 1. The van der Waals surface area contributed by atoms with Crippen LogP contribution in [0.4, 0.5) is 5.82 Å². The van der Waals surface area contributed by atoms with Crippen LogP contribution in [0.25, 0.3) is 11.0 Å². The maximum Gasteiger partial charge on any atom is 0.171 e. The van der Waals surface area contributed by atoms with Crippen molar-refractivity contribution in [2.45, 2.75) is 12.8 Å². The van der Waals surface area contributed by atoms with Crippen LogP contribution in [0, 0.1) is 0 Å². The molecule has 156 valence electrons. The molecule has 1 aliphatic heterocycles. The first-order valence-electron chi connectivity index (χ1n) is 9.79. The molecule has 4 rings (SSSR count). The fraction of sp³-hybridized carbons (Fsp3) is 0.409. The molecule has 0 saturated carbocycles. The first-order chi connectivity index (χ1) is 13.8. The van der Waals surface area contributed by atoms with Gasteiger partial charge in [0.2, 0.25) is 0 Å². The Morgan fingerprint density at radius 3 is 2.66 bits per heavy atom. The maximum absolute atomic E-state index is 5.68. The lowest BCUT2D eigenvalue weighted by Gasteiger charge is -2.35. The van der Waals surface area contributed by atoms with Gasteiger partial charge >= 0.3 is 0 Å². The fourth-order valence-electron chi connectivity index (χ4n) is 3.84. The number of hydrogen-bond acceptors (Lipinski definition) is 6. The molecule has 0 bridgehead atoms. The van der Waals surface area contributed by atoms with Crippen molar-refractivity contribution in [1.29, 1.82) is 0 Å². The molecule has 3 heterocycles. The zero-order valence-electron chi connectivity index (χ0n) is 17.0. The Bertz CT molecular complexity index is 923. The van der Waals surface area contributed by atoms with Crippen molar-refractivity contribution in [2.75, 3.05) is 51.8 Å². The lowest BCUT2D eigenvalue weighted by Crippen LogP contribution is -2.47. The van der Waals surface area contributed by atoms with Crippen LogP contribution in [0.2, 0.25) is 0 Å². The zero-order valence-corrected chi connectivity index (χ0v) is 17.8. The van der Waals surface area contributed by atoms with E-state index in [1.165, 1.54) is 5.56 Å². The van der Waals surface area contributed by atoms with Gasteiger partial charge in [-0.2, -0.15) is 0 Å². The van der Waals surface area contributed by atoms with Crippen molar-refractivity contribution in [2.24, 2.45) is 0 Å². The number of methoxy groups -OCH3 is 2. The Hall–Kier alpha value is -2.44. The van der Waals surface area contributed by atoms with Crippen molar-refractivity contribution in [3.63, 3.8) is 0 Å². The van der Waals surface area contributed by atoms with Crippen LogP contribution < -0.4 is 14.4 Å². The van der Waals surface area contributed by atoms with Gasteiger partial charge in [0, 0.05) is 37.8 Å². The summed E-state index contributed by atoms with van der Waals surface area (Å²) in [4.78, 5) is 9.33. The number of anilines is 1. The van der Waals surface area contributed by atoms with Gasteiger partial charge in [0.1, 0.15) is 11.3 Å².